The summed E-state index contributed by atoms with van der Waals surface area (Å²) in [4.78, 5) is 4.19. The molecule has 12 heteroatoms. The lowest BCUT2D eigenvalue weighted by Crippen LogP contribution is -2.36. The molecule has 0 bridgehead atoms. The molecular formula is C36H42N2O4S6. The highest BCUT2D eigenvalue weighted by molar-refractivity contribution is 8.28. The van der Waals surface area contributed by atoms with E-state index in [0.29, 0.717) is 18.9 Å². The van der Waals surface area contributed by atoms with Crippen molar-refractivity contribution in [1.29, 1.82) is 0 Å². The number of nitrogens with zero attached hydrogens (tertiary/aromatic N) is 2. The fraction of sp³-hybridized carbons (Fsp3) is 0.417. The third-order valence-electron chi connectivity index (χ3n) is 9.13. The summed E-state index contributed by atoms with van der Waals surface area (Å²) in [6, 6.07) is 12.6. The lowest BCUT2D eigenvalue weighted by atomic mass is 9.77. The maximum Gasteiger partial charge on any atom is 0.263 e. The molecule has 1 aliphatic heterocycles. The monoisotopic (exact) mass is 758 g/mol. The van der Waals surface area contributed by atoms with Gasteiger partial charge >= 0.3 is 0 Å². The third kappa shape index (κ3) is 8.68. The molecule has 0 radical (unpaired) electrons. The van der Waals surface area contributed by atoms with Gasteiger partial charge in [0.1, 0.15) is 4.70 Å². The third-order valence-corrected chi connectivity index (χ3v) is 15.7. The van der Waals surface area contributed by atoms with Crippen LogP contribution in [0.3, 0.4) is 0 Å². The molecule has 0 amide bonds. The highest BCUT2D eigenvalue weighted by Gasteiger charge is 2.28. The normalized spacial score (nSPS) is 20.9. The van der Waals surface area contributed by atoms with E-state index in [2.05, 4.69) is 78.0 Å². The van der Waals surface area contributed by atoms with Crippen LogP contribution in [0.4, 0.5) is 5.69 Å². The molecule has 6 rings (SSSR count). The predicted octanol–water partition coefficient (Wildman–Crippen LogP) is 7.55. The number of fused-ring (bicyclic) bond motifs is 3. The lowest BCUT2D eigenvalue weighted by Gasteiger charge is -2.29. The van der Waals surface area contributed by atoms with Crippen LogP contribution in [0.2, 0.25) is 0 Å². The Morgan fingerprint density at radius 1 is 1.10 bits per heavy atom. The number of benzene rings is 2. The highest BCUT2D eigenvalue weighted by atomic mass is 32.8. The number of anilines is 1. The van der Waals surface area contributed by atoms with Gasteiger partial charge in [-0.3, -0.25) is 4.21 Å². The molecule has 0 spiro atoms. The molecule has 0 N–H and O–H groups in total. The standard InChI is InChI=1S/C36H42N2O4S6/c1-4-47(43)17-5-15-37-32-24-30(46(3)39)12-14-34(32)45-35(37)22-26-8-10-28-11-9-27(21-29(28)20-26)23-36-38(16-6-18-48(40,41)42)31-19-25(2)7-13-33(31)44-36/h7,12-14,19-24,28H,4-6,8-11,15-18H2,1-3H3. The smallest absolute Gasteiger partial charge is 0.263 e. The quantitative estimate of drug-likeness (QED) is 0.139. The van der Waals surface area contributed by atoms with E-state index >= 15 is 0 Å². The van der Waals surface area contributed by atoms with Gasteiger partial charge in [-0.15, -0.1) is 9.45 Å². The van der Waals surface area contributed by atoms with Gasteiger partial charge in [0.25, 0.3) is 5.01 Å². The first-order valence-corrected chi connectivity index (χ1v) is 23.7. The Kier molecular flexibility index (Phi) is 11.6. The largest absolute Gasteiger partial charge is 0.748 e. The molecule has 2 aliphatic carbocycles. The van der Waals surface area contributed by atoms with Crippen molar-refractivity contribution in [2.45, 2.75) is 68.7 Å². The van der Waals surface area contributed by atoms with Crippen LogP contribution < -0.4 is 9.47 Å². The maximum absolute atomic E-state index is 12.3. The van der Waals surface area contributed by atoms with E-state index < -0.39 is 20.9 Å². The summed E-state index contributed by atoms with van der Waals surface area (Å²) in [7, 11) is -5.27. The summed E-state index contributed by atoms with van der Waals surface area (Å²) in [5.41, 5.74) is 7.37. The Bertz CT molecular complexity index is 2010. The molecule has 6 nitrogen and oxygen atoms in total. The second kappa shape index (κ2) is 15.5. The SMILES string of the molecule is CCS(=S)CCC[n+]1c(/C=C2/C=C3C=C(/C=C4\Sc5ccc(C)cc5N4CCCS(=O)(=O)[O-])CCC3CC2)sc2ccc(S(C)=O)cc21. The first kappa shape index (κ1) is 35.9. The maximum atomic E-state index is 12.3. The van der Waals surface area contributed by atoms with Crippen LogP contribution in [-0.4, -0.2) is 47.2 Å². The van der Waals surface area contributed by atoms with Crippen molar-refractivity contribution >= 4 is 86.6 Å². The Morgan fingerprint density at radius 2 is 1.92 bits per heavy atom. The number of aryl methyl sites for hydroxylation is 2. The number of rotatable bonds is 12. The molecule has 256 valence electrons. The van der Waals surface area contributed by atoms with Crippen LogP contribution in [0, 0.1) is 12.8 Å². The van der Waals surface area contributed by atoms with Crippen molar-refractivity contribution in [3.8, 4) is 0 Å². The Morgan fingerprint density at radius 3 is 2.69 bits per heavy atom. The summed E-state index contributed by atoms with van der Waals surface area (Å²) in [5, 5.41) is 2.31. The Balaban J connectivity index is 1.30. The summed E-state index contributed by atoms with van der Waals surface area (Å²) < 4.78 is 50.0. The zero-order valence-electron chi connectivity index (χ0n) is 27.6. The van der Waals surface area contributed by atoms with Crippen LogP contribution in [0.15, 0.2) is 86.2 Å². The van der Waals surface area contributed by atoms with E-state index in [4.69, 9.17) is 11.2 Å². The summed E-state index contributed by atoms with van der Waals surface area (Å²) >= 11 is 9.15. The molecule has 1 aromatic heterocycles. The molecule has 3 aromatic rings. The van der Waals surface area contributed by atoms with Gasteiger partial charge < -0.3 is 9.45 Å². The van der Waals surface area contributed by atoms with Crippen LogP contribution >= 0.6 is 23.1 Å². The van der Waals surface area contributed by atoms with Crippen molar-refractivity contribution in [2.75, 3.05) is 35.0 Å². The van der Waals surface area contributed by atoms with Gasteiger partial charge in [-0.1, -0.05) is 59.4 Å². The van der Waals surface area contributed by atoms with Crippen molar-refractivity contribution in [1.82, 2.24) is 0 Å². The molecule has 48 heavy (non-hydrogen) atoms. The van der Waals surface area contributed by atoms with Crippen molar-refractivity contribution in [2.24, 2.45) is 5.92 Å². The first-order valence-electron chi connectivity index (χ1n) is 16.5. The molecular weight excluding hydrogens is 717 g/mol. The van der Waals surface area contributed by atoms with Gasteiger partial charge in [-0.05, 0) is 103 Å². The van der Waals surface area contributed by atoms with Crippen LogP contribution in [0.25, 0.3) is 16.3 Å². The van der Waals surface area contributed by atoms with E-state index in [1.807, 2.05) is 6.07 Å². The molecule has 3 unspecified atom stereocenters. The molecule has 3 aliphatic rings. The average Bonchev–Trinajstić information content (AvgIpc) is 3.56. The summed E-state index contributed by atoms with van der Waals surface area (Å²) in [6.45, 7) is 5.61. The molecule has 0 saturated heterocycles. The van der Waals surface area contributed by atoms with E-state index in [0.717, 1.165) is 81.7 Å². The lowest BCUT2D eigenvalue weighted by molar-refractivity contribution is -0.668. The number of thioether (sulfide) groups is 1. The van der Waals surface area contributed by atoms with Crippen LogP contribution in [-0.2, 0) is 48.1 Å². The minimum absolute atomic E-state index is 0.0198. The van der Waals surface area contributed by atoms with Crippen LogP contribution in [0.5, 0.6) is 0 Å². The van der Waals surface area contributed by atoms with Crippen LogP contribution in [0.1, 0.15) is 56.0 Å². The summed E-state index contributed by atoms with van der Waals surface area (Å²) in [6.07, 6.45) is 16.7. The zero-order chi connectivity index (χ0) is 34.0. The Hall–Kier alpha value is -1.93. The predicted molar refractivity (Wildman–Crippen MR) is 207 cm³/mol. The number of thiazole rings is 1. The molecule has 0 saturated carbocycles. The molecule has 2 aromatic carbocycles. The molecule has 3 atom stereocenters. The fourth-order valence-electron chi connectivity index (χ4n) is 6.63. The van der Waals surface area contributed by atoms with Gasteiger partial charge in [0.05, 0.1) is 31.6 Å². The summed E-state index contributed by atoms with van der Waals surface area (Å²) in [5.74, 6) is 2.27. The van der Waals surface area contributed by atoms with Gasteiger partial charge in [0.2, 0.25) is 5.52 Å². The second-order valence-electron chi connectivity index (χ2n) is 12.6. The second-order valence-corrected chi connectivity index (χ2v) is 20.9. The van der Waals surface area contributed by atoms with Crippen molar-refractivity contribution in [3.63, 3.8) is 0 Å². The number of aromatic nitrogens is 1. The van der Waals surface area contributed by atoms with Gasteiger partial charge in [0.15, 0.2) is 6.54 Å². The van der Waals surface area contributed by atoms with E-state index in [9.17, 15) is 17.2 Å². The van der Waals surface area contributed by atoms with Crippen molar-refractivity contribution < 1.29 is 21.7 Å². The molecule has 0 fully saturated rings. The number of hydrogen-bond donors (Lipinski definition) is 0. The number of allylic oxidation sites excluding steroid dienone is 6. The topological polar surface area (TPSA) is 81.4 Å². The van der Waals surface area contributed by atoms with Gasteiger partial charge in [-0.25, -0.2) is 8.42 Å². The van der Waals surface area contributed by atoms with Gasteiger partial charge in [0, 0.05) is 52.7 Å². The highest BCUT2D eigenvalue weighted by Crippen LogP contribution is 2.48. The molecule has 2 heterocycles. The first-order chi connectivity index (χ1) is 23.0. The van der Waals surface area contributed by atoms with E-state index in [1.165, 1.54) is 26.4 Å². The average molecular weight is 759 g/mol. The van der Waals surface area contributed by atoms with Crippen molar-refractivity contribution in [3.05, 3.63) is 86.9 Å². The van der Waals surface area contributed by atoms with Gasteiger partial charge in [-0.2, -0.15) is 4.57 Å². The minimum atomic E-state index is -4.26. The number of hydrogen-bond acceptors (Lipinski definition) is 8. The Labute approximate surface area is 302 Å². The zero-order valence-corrected chi connectivity index (χ0v) is 32.5. The minimum Gasteiger partial charge on any atom is -0.748 e. The fourth-order valence-corrected chi connectivity index (χ4v) is 11.0. The van der Waals surface area contributed by atoms with E-state index in [1.54, 1.807) is 29.4 Å². The van der Waals surface area contributed by atoms with E-state index in [-0.39, 0.29) is 15.2 Å².